The molecule has 0 radical (unpaired) electrons. The number of hydrogen-bond donors (Lipinski definition) is 1. The summed E-state index contributed by atoms with van der Waals surface area (Å²) in [5.41, 5.74) is 0.998. The lowest BCUT2D eigenvalue weighted by Gasteiger charge is -2.18. The zero-order chi connectivity index (χ0) is 15.2. The molecule has 2 aromatic rings. The molecule has 0 aromatic heterocycles. The lowest BCUT2D eigenvalue weighted by atomic mass is 10.1. The van der Waals surface area contributed by atoms with Gasteiger partial charge in [0.15, 0.2) is 0 Å². The van der Waals surface area contributed by atoms with E-state index in [0.29, 0.717) is 21.7 Å². The second-order valence-electron chi connectivity index (χ2n) is 4.67. The Morgan fingerprint density at radius 2 is 1.86 bits per heavy atom. The van der Waals surface area contributed by atoms with Gasteiger partial charge in [0.25, 0.3) is 0 Å². The highest BCUT2D eigenvalue weighted by molar-refractivity contribution is 6.42. The van der Waals surface area contributed by atoms with Gasteiger partial charge < -0.3 is 10.1 Å². The van der Waals surface area contributed by atoms with Crippen molar-refractivity contribution in [1.29, 1.82) is 0 Å². The number of halogens is 3. The fraction of sp³-hybridized carbons (Fsp3) is 0.250. The molecule has 0 saturated carbocycles. The van der Waals surface area contributed by atoms with Crippen LogP contribution in [0.25, 0.3) is 0 Å². The highest BCUT2D eigenvalue weighted by Crippen LogP contribution is 2.26. The highest BCUT2D eigenvalue weighted by Gasteiger charge is 2.12. The molecule has 0 aliphatic heterocycles. The Labute approximate surface area is 140 Å². The average molecular weight is 345 g/mol. The molecule has 2 nitrogen and oxygen atoms in total. The van der Waals surface area contributed by atoms with E-state index < -0.39 is 0 Å². The monoisotopic (exact) mass is 343 g/mol. The molecular formula is C16H16Cl3NO. The molecule has 5 heteroatoms. The third kappa shape index (κ3) is 4.79. The third-order valence-corrected chi connectivity index (χ3v) is 4.25. The minimum atomic E-state index is 0.125. The molecule has 112 valence electrons. The molecule has 2 rings (SSSR count). The molecule has 0 fully saturated rings. The van der Waals surface area contributed by atoms with Crippen LogP contribution in [0.3, 0.4) is 0 Å². The molecule has 2 aromatic carbocycles. The Morgan fingerprint density at radius 3 is 2.57 bits per heavy atom. The number of hydrogen-bond acceptors (Lipinski definition) is 2. The van der Waals surface area contributed by atoms with Crippen molar-refractivity contribution < 1.29 is 4.74 Å². The number of likely N-dealkylation sites (N-methyl/N-ethyl adjacent to an activating group) is 1. The minimum absolute atomic E-state index is 0.125. The van der Waals surface area contributed by atoms with Crippen LogP contribution < -0.4 is 10.1 Å². The van der Waals surface area contributed by atoms with Gasteiger partial charge in [0.2, 0.25) is 0 Å². The second kappa shape index (κ2) is 7.90. The predicted octanol–water partition coefficient (Wildman–Crippen LogP) is 4.86. The van der Waals surface area contributed by atoms with Crippen LogP contribution >= 0.6 is 34.8 Å². The molecule has 1 unspecified atom stereocenters. The van der Waals surface area contributed by atoms with Crippen LogP contribution in [0.4, 0.5) is 0 Å². The molecule has 21 heavy (non-hydrogen) atoms. The van der Waals surface area contributed by atoms with Gasteiger partial charge in [-0.2, -0.15) is 0 Å². The summed E-state index contributed by atoms with van der Waals surface area (Å²) >= 11 is 18.2. The normalized spacial score (nSPS) is 12.2. The van der Waals surface area contributed by atoms with E-state index in [1.807, 2.05) is 37.4 Å². The molecule has 1 atom stereocenters. The lowest BCUT2D eigenvalue weighted by molar-refractivity contribution is 0.270. The molecule has 0 bridgehead atoms. The molecule has 0 amide bonds. The number of benzene rings is 2. The van der Waals surface area contributed by atoms with Crippen LogP contribution in [0.15, 0.2) is 42.5 Å². The van der Waals surface area contributed by atoms with Crippen molar-refractivity contribution in [3.8, 4) is 5.75 Å². The number of rotatable bonds is 6. The molecule has 0 aliphatic carbocycles. The van der Waals surface area contributed by atoms with E-state index in [9.17, 15) is 0 Å². The molecule has 0 spiro atoms. The summed E-state index contributed by atoms with van der Waals surface area (Å²) in [6.07, 6.45) is 0.733. The van der Waals surface area contributed by atoms with Crippen molar-refractivity contribution in [1.82, 2.24) is 5.32 Å². The van der Waals surface area contributed by atoms with E-state index in [1.54, 1.807) is 12.1 Å². The lowest BCUT2D eigenvalue weighted by Crippen LogP contribution is -2.33. The summed E-state index contributed by atoms with van der Waals surface area (Å²) in [4.78, 5) is 0. The summed E-state index contributed by atoms with van der Waals surface area (Å²) in [6, 6.07) is 13.1. The van der Waals surface area contributed by atoms with Crippen molar-refractivity contribution in [3.63, 3.8) is 0 Å². The molecule has 0 saturated heterocycles. The van der Waals surface area contributed by atoms with Crippen LogP contribution in [0.2, 0.25) is 15.1 Å². The van der Waals surface area contributed by atoms with Gasteiger partial charge >= 0.3 is 0 Å². The van der Waals surface area contributed by atoms with Crippen LogP contribution in [0.5, 0.6) is 5.75 Å². The smallest absolute Gasteiger partial charge is 0.120 e. The summed E-state index contributed by atoms with van der Waals surface area (Å²) in [7, 11) is 1.89. The van der Waals surface area contributed by atoms with E-state index >= 15 is 0 Å². The maximum absolute atomic E-state index is 6.21. The zero-order valence-corrected chi connectivity index (χ0v) is 13.8. The number of ether oxygens (including phenoxy) is 1. The highest BCUT2D eigenvalue weighted by atomic mass is 35.5. The van der Waals surface area contributed by atoms with Gasteiger partial charge in [0.1, 0.15) is 12.4 Å². The molecule has 1 N–H and O–H groups in total. The Bertz CT molecular complexity index is 604. The first kappa shape index (κ1) is 16.4. The van der Waals surface area contributed by atoms with Gasteiger partial charge in [-0.1, -0.05) is 53.0 Å². The van der Waals surface area contributed by atoms with Crippen molar-refractivity contribution in [2.75, 3.05) is 13.7 Å². The predicted molar refractivity (Wildman–Crippen MR) is 90.0 cm³/mol. The fourth-order valence-electron chi connectivity index (χ4n) is 1.97. The van der Waals surface area contributed by atoms with E-state index in [1.165, 1.54) is 0 Å². The van der Waals surface area contributed by atoms with Crippen LogP contribution in [-0.2, 0) is 6.42 Å². The largest absolute Gasteiger partial charge is 0.492 e. The van der Waals surface area contributed by atoms with Crippen molar-refractivity contribution in [3.05, 3.63) is 63.1 Å². The Hall–Kier alpha value is -0.930. The van der Waals surface area contributed by atoms with Gasteiger partial charge in [-0.15, -0.1) is 0 Å². The standard InChI is InChI=1S/C16H16Cl3NO/c1-20-13(8-11-4-2-7-15(18)16(11)19)10-21-14-6-3-5-12(17)9-14/h2-7,9,13,20H,8,10H2,1H3. The third-order valence-electron chi connectivity index (χ3n) is 3.15. The van der Waals surface area contributed by atoms with E-state index in [0.717, 1.165) is 17.7 Å². The van der Waals surface area contributed by atoms with Gasteiger partial charge in [-0.25, -0.2) is 0 Å². The van der Waals surface area contributed by atoms with Crippen LogP contribution in [0, 0.1) is 0 Å². The summed E-state index contributed by atoms with van der Waals surface area (Å²) < 4.78 is 5.76. The maximum Gasteiger partial charge on any atom is 0.120 e. The van der Waals surface area contributed by atoms with Crippen LogP contribution in [-0.4, -0.2) is 19.7 Å². The summed E-state index contributed by atoms with van der Waals surface area (Å²) in [5.74, 6) is 0.750. The Kier molecular flexibility index (Phi) is 6.19. The quantitative estimate of drug-likeness (QED) is 0.808. The zero-order valence-electron chi connectivity index (χ0n) is 11.6. The molecular weight excluding hydrogens is 329 g/mol. The van der Waals surface area contributed by atoms with Gasteiger partial charge in [0.05, 0.1) is 10.0 Å². The van der Waals surface area contributed by atoms with Gasteiger partial charge in [-0.05, 0) is 43.3 Å². The Balaban J connectivity index is 1.99. The number of nitrogens with one attached hydrogen (secondary N) is 1. The topological polar surface area (TPSA) is 21.3 Å². The maximum atomic E-state index is 6.21. The summed E-state index contributed by atoms with van der Waals surface area (Å²) in [6.45, 7) is 0.514. The van der Waals surface area contributed by atoms with Crippen molar-refractivity contribution in [2.24, 2.45) is 0 Å². The Morgan fingerprint density at radius 1 is 1.10 bits per heavy atom. The van der Waals surface area contributed by atoms with E-state index in [2.05, 4.69) is 5.32 Å². The summed E-state index contributed by atoms with van der Waals surface area (Å²) in [5, 5.41) is 5.05. The van der Waals surface area contributed by atoms with E-state index in [4.69, 9.17) is 39.5 Å². The first-order chi connectivity index (χ1) is 10.1. The van der Waals surface area contributed by atoms with Gasteiger partial charge in [-0.3, -0.25) is 0 Å². The van der Waals surface area contributed by atoms with E-state index in [-0.39, 0.29) is 6.04 Å². The van der Waals surface area contributed by atoms with Gasteiger partial charge in [0, 0.05) is 11.1 Å². The molecule has 0 aliphatic rings. The molecule has 0 heterocycles. The first-order valence-electron chi connectivity index (χ1n) is 6.58. The van der Waals surface area contributed by atoms with Crippen molar-refractivity contribution >= 4 is 34.8 Å². The fourth-order valence-corrected chi connectivity index (χ4v) is 2.55. The SMILES string of the molecule is CNC(COc1cccc(Cl)c1)Cc1cccc(Cl)c1Cl. The minimum Gasteiger partial charge on any atom is -0.492 e. The second-order valence-corrected chi connectivity index (χ2v) is 5.89. The van der Waals surface area contributed by atoms with Crippen molar-refractivity contribution in [2.45, 2.75) is 12.5 Å². The van der Waals surface area contributed by atoms with Crippen LogP contribution in [0.1, 0.15) is 5.56 Å². The average Bonchev–Trinajstić information content (AvgIpc) is 2.48. The first-order valence-corrected chi connectivity index (χ1v) is 7.72.